The maximum absolute atomic E-state index is 4.48. The van der Waals surface area contributed by atoms with Crippen LogP contribution in [0.1, 0.15) is 19.7 Å². The molecule has 0 radical (unpaired) electrons. The molecule has 0 saturated carbocycles. The van der Waals surface area contributed by atoms with E-state index in [1.807, 2.05) is 37.3 Å². The van der Waals surface area contributed by atoms with Crippen LogP contribution in [0.2, 0.25) is 0 Å². The highest BCUT2D eigenvalue weighted by Gasteiger charge is 2.03. The Hall–Kier alpha value is -1.62. The smallest absolute Gasteiger partial charge is 0.136 e. The Bertz CT molecular complexity index is 557. The van der Waals surface area contributed by atoms with Gasteiger partial charge in [-0.1, -0.05) is 28.9 Å². The van der Waals surface area contributed by atoms with E-state index in [1.54, 1.807) is 0 Å². The van der Waals surface area contributed by atoms with Crippen molar-refractivity contribution in [3.63, 3.8) is 0 Å². The predicted molar refractivity (Wildman–Crippen MR) is 83.0 cm³/mol. The van der Waals surface area contributed by atoms with Crippen molar-refractivity contribution < 1.29 is 0 Å². The maximum atomic E-state index is 4.48. The fourth-order valence-corrected chi connectivity index (χ4v) is 2.10. The van der Waals surface area contributed by atoms with Crippen LogP contribution < -0.4 is 10.6 Å². The Labute approximate surface area is 121 Å². The second-order valence-electron chi connectivity index (χ2n) is 4.07. The molecule has 19 heavy (non-hydrogen) atoms. The molecule has 2 aromatic rings. The summed E-state index contributed by atoms with van der Waals surface area (Å²) in [7, 11) is 0. The number of benzene rings is 1. The molecule has 0 fully saturated rings. The van der Waals surface area contributed by atoms with Crippen LogP contribution in [0.5, 0.6) is 0 Å². The van der Waals surface area contributed by atoms with Crippen LogP contribution in [0.15, 0.2) is 34.8 Å². The monoisotopic (exact) mass is 320 g/mol. The summed E-state index contributed by atoms with van der Waals surface area (Å²) >= 11 is 3.46. The number of nitrogens with one attached hydrogen (secondary N) is 2. The van der Waals surface area contributed by atoms with Gasteiger partial charge in [-0.2, -0.15) is 0 Å². The fourth-order valence-electron chi connectivity index (χ4n) is 1.71. The molecule has 0 aliphatic rings. The SMILES string of the molecule is CCNc1cc(Nc2cccc(Br)c2)nc(CC)n1. The Balaban J connectivity index is 2.26. The van der Waals surface area contributed by atoms with Crippen LogP contribution >= 0.6 is 15.9 Å². The van der Waals surface area contributed by atoms with E-state index in [0.29, 0.717) is 0 Å². The highest BCUT2D eigenvalue weighted by Crippen LogP contribution is 2.20. The van der Waals surface area contributed by atoms with Crippen LogP contribution in [0.3, 0.4) is 0 Å². The third-order valence-corrected chi connectivity index (χ3v) is 3.04. The van der Waals surface area contributed by atoms with Crippen molar-refractivity contribution in [1.82, 2.24) is 9.97 Å². The van der Waals surface area contributed by atoms with Gasteiger partial charge in [0, 0.05) is 29.2 Å². The van der Waals surface area contributed by atoms with Crippen molar-refractivity contribution in [3.8, 4) is 0 Å². The molecule has 1 aromatic carbocycles. The fraction of sp³-hybridized carbons (Fsp3) is 0.286. The minimum absolute atomic E-state index is 0.806. The van der Waals surface area contributed by atoms with Gasteiger partial charge in [-0.3, -0.25) is 0 Å². The van der Waals surface area contributed by atoms with Gasteiger partial charge in [0.05, 0.1) is 0 Å². The molecule has 4 nitrogen and oxygen atoms in total. The summed E-state index contributed by atoms with van der Waals surface area (Å²) in [6.07, 6.45) is 0.812. The average molecular weight is 321 g/mol. The van der Waals surface area contributed by atoms with Crippen molar-refractivity contribution >= 4 is 33.3 Å². The zero-order chi connectivity index (χ0) is 13.7. The van der Waals surface area contributed by atoms with Crippen LogP contribution in [0, 0.1) is 0 Å². The maximum Gasteiger partial charge on any atom is 0.136 e. The molecule has 0 spiro atoms. The normalized spacial score (nSPS) is 10.3. The first-order valence-corrected chi connectivity index (χ1v) is 7.15. The molecule has 0 unspecified atom stereocenters. The second kappa shape index (κ2) is 6.52. The zero-order valence-corrected chi connectivity index (χ0v) is 12.7. The van der Waals surface area contributed by atoms with E-state index in [9.17, 15) is 0 Å². The van der Waals surface area contributed by atoms with Gasteiger partial charge in [0.15, 0.2) is 0 Å². The molecule has 0 saturated heterocycles. The summed E-state index contributed by atoms with van der Waals surface area (Å²) < 4.78 is 1.04. The molecule has 2 N–H and O–H groups in total. The third kappa shape index (κ3) is 3.92. The molecule has 100 valence electrons. The van der Waals surface area contributed by atoms with Crippen molar-refractivity contribution in [2.24, 2.45) is 0 Å². The van der Waals surface area contributed by atoms with E-state index >= 15 is 0 Å². The molecular weight excluding hydrogens is 304 g/mol. The van der Waals surface area contributed by atoms with Crippen molar-refractivity contribution in [2.45, 2.75) is 20.3 Å². The van der Waals surface area contributed by atoms with Gasteiger partial charge >= 0.3 is 0 Å². The number of rotatable bonds is 5. The Morgan fingerprint density at radius 3 is 2.58 bits per heavy atom. The molecular formula is C14H17BrN4. The lowest BCUT2D eigenvalue weighted by Gasteiger charge is -2.10. The largest absolute Gasteiger partial charge is 0.370 e. The van der Waals surface area contributed by atoms with Gasteiger partial charge in [-0.25, -0.2) is 9.97 Å². The number of aryl methyl sites for hydroxylation is 1. The summed E-state index contributed by atoms with van der Waals surface area (Å²) in [6.45, 7) is 4.94. The predicted octanol–water partition coefficient (Wildman–Crippen LogP) is 3.98. The topological polar surface area (TPSA) is 49.8 Å². The first kappa shape index (κ1) is 13.8. The van der Waals surface area contributed by atoms with E-state index in [2.05, 4.69) is 43.5 Å². The summed E-state index contributed by atoms with van der Waals surface area (Å²) in [5.74, 6) is 2.49. The van der Waals surface area contributed by atoms with E-state index in [0.717, 1.165) is 40.6 Å². The molecule has 0 aliphatic carbocycles. The van der Waals surface area contributed by atoms with Crippen LogP contribution in [0.4, 0.5) is 17.3 Å². The van der Waals surface area contributed by atoms with Crippen molar-refractivity contribution in [2.75, 3.05) is 17.2 Å². The van der Waals surface area contributed by atoms with E-state index in [-0.39, 0.29) is 0 Å². The van der Waals surface area contributed by atoms with Gasteiger partial charge in [0.2, 0.25) is 0 Å². The lowest BCUT2D eigenvalue weighted by atomic mass is 10.3. The summed E-state index contributed by atoms with van der Waals surface area (Å²) in [4.78, 5) is 8.91. The first-order valence-electron chi connectivity index (χ1n) is 6.35. The molecule has 1 heterocycles. The molecule has 0 bridgehead atoms. The molecule has 5 heteroatoms. The van der Waals surface area contributed by atoms with Crippen LogP contribution in [-0.2, 0) is 6.42 Å². The number of hydrogen-bond acceptors (Lipinski definition) is 4. The highest BCUT2D eigenvalue weighted by atomic mass is 79.9. The van der Waals surface area contributed by atoms with Gasteiger partial charge in [-0.15, -0.1) is 0 Å². The van der Waals surface area contributed by atoms with Gasteiger partial charge in [0.1, 0.15) is 17.5 Å². The highest BCUT2D eigenvalue weighted by molar-refractivity contribution is 9.10. The number of nitrogens with zero attached hydrogens (tertiary/aromatic N) is 2. The molecule has 0 amide bonds. The van der Waals surface area contributed by atoms with Crippen LogP contribution in [-0.4, -0.2) is 16.5 Å². The molecule has 0 aliphatic heterocycles. The Morgan fingerprint density at radius 2 is 1.89 bits per heavy atom. The minimum atomic E-state index is 0.806. The van der Waals surface area contributed by atoms with Crippen molar-refractivity contribution in [3.05, 3.63) is 40.6 Å². The standard InChI is InChI=1S/C14H17BrN4/c1-3-12-18-13(16-4-2)9-14(19-12)17-11-7-5-6-10(15)8-11/h5-9H,3-4H2,1-2H3,(H2,16,17,18,19). The number of hydrogen-bond donors (Lipinski definition) is 2. The quantitative estimate of drug-likeness (QED) is 0.875. The third-order valence-electron chi connectivity index (χ3n) is 2.54. The molecule has 0 atom stereocenters. The number of halogens is 1. The number of aromatic nitrogens is 2. The summed E-state index contributed by atoms with van der Waals surface area (Å²) in [6, 6.07) is 9.92. The summed E-state index contributed by atoms with van der Waals surface area (Å²) in [5, 5.41) is 6.52. The van der Waals surface area contributed by atoms with E-state index < -0.39 is 0 Å². The van der Waals surface area contributed by atoms with Crippen LogP contribution in [0.25, 0.3) is 0 Å². The van der Waals surface area contributed by atoms with Gasteiger partial charge in [0.25, 0.3) is 0 Å². The van der Waals surface area contributed by atoms with Crippen molar-refractivity contribution in [1.29, 1.82) is 0 Å². The number of anilines is 3. The van der Waals surface area contributed by atoms with Gasteiger partial charge in [-0.05, 0) is 25.1 Å². The van der Waals surface area contributed by atoms with Gasteiger partial charge < -0.3 is 10.6 Å². The average Bonchev–Trinajstić information content (AvgIpc) is 2.39. The zero-order valence-electron chi connectivity index (χ0n) is 11.1. The Kier molecular flexibility index (Phi) is 4.74. The Morgan fingerprint density at radius 1 is 1.11 bits per heavy atom. The lowest BCUT2D eigenvalue weighted by Crippen LogP contribution is -2.05. The summed E-state index contributed by atoms with van der Waals surface area (Å²) in [5.41, 5.74) is 0.998. The first-order chi connectivity index (χ1) is 9.21. The minimum Gasteiger partial charge on any atom is -0.370 e. The molecule has 2 rings (SSSR count). The second-order valence-corrected chi connectivity index (χ2v) is 4.99. The lowest BCUT2D eigenvalue weighted by molar-refractivity contribution is 0.939. The van der Waals surface area contributed by atoms with E-state index in [1.165, 1.54) is 0 Å². The molecule has 1 aromatic heterocycles. The van der Waals surface area contributed by atoms with E-state index in [4.69, 9.17) is 0 Å².